The molecule has 34 heavy (non-hydrogen) atoms. The highest BCUT2D eigenvalue weighted by molar-refractivity contribution is 7.17. The molecule has 182 valence electrons. The van der Waals surface area contributed by atoms with Crippen LogP contribution < -0.4 is 16.6 Å². The Morgan fingerprint density at radius 2 is 1.97 bits per heavy atom. The van der Waals surface area contributed by atoms with Crippen LogP contribution in [-0.2, 0) is 29.2 Å². The van der Waals surface area contributed by atoms with Gasteiger partial charge in [-0.05, 0) is 42.8 Å². The van der Waals surface area contributed by atoms with Crippen molar-refractivity contribution >= 4 is 33.4 Å². The molecular formula is C24H30N4O5S. The Labute approximate surface area is 201 Å². The van der Waals surface area contributed by atoms with E-state index in [-0.39, 0.29) is 49.5 Å². The number of nitrogens with one attached hydrogen (secondary N) is 1. The van der Waals surface area contributed by atoms with E-state index in [1.807, 2.05) is 0 Å². The number of carbonyl (C=O) groups is 2. The largest absolute Gasteiger partial charge is 0.467 e. The number of rotatable bonds is 9. The lowest BCUT2D eigenvalue weighted by Gasteiger charge is -2.31. The molecule has 3 heterocycles. The fraction of sp³-hybridized carbons (Fsp3) is 0.500. The molecule has 0 bridgehead atoms. The van der Waals surface area contributed by atoms with Crippen LogP contribution in [0.1, 0.15) is 50.7 Å². The van der Waals surface area contributed by atoms with E-state index in [0.717, 1.165) is 30.3 Å². The minimum absolute atomic E-state index is 0.104. The van der Waals surface area contributed by atoms with Crippen LogP contribution in [0, 0.1) is 0 Å². The number of likely N-dealkylation sites (N-methyl/N-ethyl adjacent to an activating group) is 1. The van der Waals surface area contributed by atoms with Crippen LogP contribution in [-0.4, -0.2) is 38.9 Å². The molecule has 0 saturated heterocycles. The van der Waals surface area contributed by atoms with Crippen molar-refractivity contribution in [2.45, 2.75) is 70.6 Å². The zero-order valence-corrected chi connectivity index (χ0v) is 20.1. The molecule has 1 N–H and O–H groups in total. The maximum atomic E-state index is 13.2. The number of amides is 2. The van der Waals surface area contributed by atoms with Gasteiger partial charge in [-0.3, -0.25) is 23.5 Å². The van der Waals surface area contributed by atoms with Crippen molar-refractivity contribution in [3.05, 3.63) is 56.4 Å². The Hall–Kier alpha value is -3.14. The van der Waals surface area contributed by atoms with E-state index in [4.69, 9.17) is 4.42 Å². The maximum absolute atomic E-state index is 13.2. The second kappa shape index (κ2) is 10.9. The molecule has 0 unspecified atom stereocenters. The summed E-state index contributed by atoms with van der Waals surface area (Å²) in [5.41, 5.74) is -0.412. The summed E-state index contributed by atoms with van der Waals surface area (Å²) in [6.45, 7) is 0.283. The SMILES string of the molecule is CN(C(=O)Cn1c(=O)n(CCCC(=O)NCc2ccco2)c(=O)c2sccc21)C1CCCCC1. The lowest BCUT2D eigenvalue weighted by atomic mass is 9.94. The van der Waals surface area contributed by atoms with Crippen molar-refractivity contribution in [2.24, 2.45) is 0 Å². The summed E-state index contributed by atoms with van der Waals surface area (Å²) in [5, 5.41) is 4.51. The Bertz CT molecular complexity index is 1250. The molecule has 0 aromatic carbocycles. The first kappa shape index (κ1) is 24.0. The summed E-state index contributed by atoms with van der Waals surface area (Å²) in [4.78, 5) is 53.1. The van der Waals surface area contributed by atoms with Crippen molar-refractivity contribution in [2.75, 3.05) is 7.05 Å². The van der Waals surface area contributed by atoms with Crippen LogP contribution in [0.3, 0.4) is 0 Å². The van der Waals surface area contributed by atoms with Gasteiger partial charge in [0.05, 0.1) is 18.3 Å². The van der Waals surface area contributed by atoms with E-state index in [1.54, 1.807) is 35.5 Å². The number of furan rings is 1. The summed E-state index contributed by atoms with van der Waals surface area (Å²) in [5.74, 6) is 0.328. The Balaban J connectivity index is 1.46. The quantitative estimate of drug-likeness (QED) is 0.501. The van der Waals surface area contributed by atoms with E-state index in [0.29, 0.717) is 22.4 Å². The number of carbonyl (C=O) groups excluding carboxylic acids is 2. The Morgan fingerprint density at radius 3 is 2.71 bits per heavy atom. The van der Waals surface area contributed by atoms with Crippen molar-refractivity contribution in [3.63, 3.8) is 0 Å². The molecule has 10 heteroatoms. The zero-order valence-electron chi connectivity index (χ0n) is 19.3. The fourth-order valence-corrected chi connectivity index (χ4v) is 5.33. The molecule has 1 aliphatic carbocycles. The predicted molar refractivity (Wildman–Crippen MR) is 130 cm³/mol. The summed E-state index contributed by atoms with van der Waals surface area (Å²) in [6.07, 6.45) is 7.40. The van der Waals surface area contributed by atoms with Crippen LogP contribution in [0.2, 0.25) is 0 Å². The van der Waals surface area contributed by atoms with E-state index in [9.17, 15) is 19.2 Å². The third-order valence-corrected chi connectivity index (χ3v) is 7.36. The van der Waals surface area contributed by atoms with E-state index < -0.39 is 5.69 Å². The number of hydrogen-bond donors (Lipinski definition) is 1. The molecule has 0 radical (unpaired) electrons. The fourth-order valence-electron chi connectivity index (χ4n) is 4.49. The van der Waals surface area contributed by atoms with Gasteiger partial charge in [-0.25, -0.2) is 4.79 Å². The Morgan fingerprint density at radius 1 is 1.18 bits per heavy atom. The van der Waals surface area contributed by atoms with Crippen LogP contribution in [0.15, 0.2) is 43.8 Å². The van der Waals surface area contributed by atoms with Gasteiger partial charge in [0, 0.05) is 26.1 Å². The number of aromatic nitrogens is 2. The van der Waals surface area contributed by atoms with Gasteiger partial charge in [0.25, 0.3) is 5.56 Å². The second-order valence-electron chi connectivity index (χ2n) is 8.72. The molecule has 9 nitrogen and oxygen atoms in total. The summed E-state index contributed by atoms with van der Waals surface area (Å²) in [6, 6.07) is 5.42. The average molecular weight is 487 g/mol. The summed E-state index contributed by atoms with van der Waals surface area (Å²) in [7, 11) is 1.80. The van der Waals surface area contributed by atoms with Crippen LogP contribution >= 0.6 is 11.3 Å². The average Bonchev–Trinajstić information content (AvgIpc) is 3.55. The van der Waals surface area contributed by atoms with Crippen LogP contribution in [0.4, 0.5) is 0 Å². The third kappa shape index (κ3) is 5.32. The smallest absolute Gasteiger partial charge is 0.332 e. The number of fused-ring (bicyclic) bond motifs is 1. The Kier molecular flexibility index (Phi) is 7.66. The number of thiophene rings is 1. The topological polar surface area (TPSA) is 107 Å². The molecule has 2 amide bonds. The standard InChI is InChI=1S/C24H30N4O5S/c1-26(17-7-3-2-4-8-17)21(30)16-28-19-11-14-34-22(19)23(31)27(24(28)32)12-5-10-20(29)25-15-18-9-6-13-33-18/h6,9,11,13-14,17H,2-5,7-8,10,12,15-16H2,1H3,(H,25,29). The molecule has 0 spiro atoms. The summed E-state index contributed by atoms with van der Waals surface area (Å²) >= 11 is 1.25. The first-order valence-corrected chi connectivity index (χ1v) is 12.6. The van der Waals surface area contributed by atoms with Crippen LogP contribution in [0.5, 0.6) is 0 Å². The van der Waals surface area contributed by atoms with Gasteiger partial charge in [0.15, 0.2) is 0 Å². The molecule has 4 rings (SSSR count). The van der Waals surface area contributed by atoms with Crippen molar-refractivity contribution < 1.29 is 14.0 Å². The lowest BCUT2D eigenvalue weighted by Crippen LogP contribution is -2.45. The van der Waals surface area contributed by atoms with Gasteiger partial charge in [0.2, 0.25) is 11.8 Å². The van der Waals surface area contributed by atoms with Gasteiger partial charge in [0.1, 0.15) is 17.0 Å². The first-order chi connectivity index (χ1) is 16.5. The number of hydrogen-bond acceptors (Lipinski definition) is 6. The molecule has 1 saturated carbocycles. The van der Waals surface area contributed by atoms with Crippen molar-refractivity contribution in [1.82, 2.24) is 19.4 Å². The lowest BCUT2D eigenvalue weighted by molar-refractivity contribution is -0.133. The third-order valence-electron chi connectivity index (χ3n) is 6.47. The molecule has 0 aliphatic heterocycles. The van der Waals surface area contributed by atoms with Gasteiger partial charge >= 0.3 is 5.69 Å². The monoisotopic (exact) mass is 486 g/mol. The van der Waals surface area contributed by atoms with Crippen molar-refractivity contribution in [3.8, 4) is 0 Å². The number of nitrogens with zero attached hydrogens (tertiary/aromatic N) is 3. The normalized spacial score (nSPS) is 14.4. The highest BCUT2D eigenvalue weighted by Gasteiger charge is 2.24. The molecule has 0 atom stereocenters. The molecule has 3 aromatic heterocycles. The van der Waals surface area contributed by atoms with Gasteiger partial charge < -0.3 is 14.6 Å². The van der Waals surface area contributed by atoms with E-state index in [2.05, 4.69) is 5.32 Å². The minimum atomic E-state index is -0.516. The highest BCUT2D eigenvalue weighted by atomic mass is 32.1. The molecule has 1 aliphatic rings. The second-order valence-corrected chi connectivity index (χ2v) is 9.63. The van der Waals surface area contributed by atoms with Gasteiger partial charge in [-0.2, -0.15) is 0 Å². The highest BCUT2D eigenvalue weighted by Crippen LogP contribution is 2.22. The summed E-state index contributed by atoms with van der Waals surface area (Å²) < 4.78 is 8.17. The first-order valence-electron chi connectivity index (χ1n) is 11.7. The van der Waals surface area contributed by atoms with E-state index in [1.165, 1.54) is 28.6 Å². The predicted octanol–water partition coefficient (Wildman–Crippen LogP) is 2.71. The van der Waals surface area contributed by atoms with Crippen molar-refractivity contribution in [1.29, 1.82) is 0 Å². The minimum Gasteiger partial charge on any atom is -0.467 e. The van der Waals surface area contributed by atoms with E-state index >= 15 is 0 Å². The van der Waals surface area contributed by atoms with Crippen LogP contribution in [0.25, 0.3) is 10.2 Å². The molecule has 3 aromatic rings. The zero-order chi connectivity index (χ0) is 24.1. The van der Waals surface area contributed by atoms with Gasteiger partial charge in [-0.1, -0.05) is 19.3 Å². The maximum Gasteiger partial charge on any atom is 0.332 e. The van der Waals surface area contributed by atoms with Gasteiger partial charge in [-0.15, -0.1) is 11.3 Å². The molecule has 1 fully saturated rings. The molecular weight excluding hydrogens is 456 g/mol.